The van der Waals surface area contributed by atoms with E-state index in [4.69, 9.17) is 0 Å². The summed E-state index contributed by atoms with van der Waals surface area (Å²) in [5.41, 5.74) is 4.39. The van der Waals surface area contributed by atoms with E-state index < -0.39 is 17.9 Å². The Labute approximate surface area is 203 Å². The van der Waals surface area contributed by atoms with Crippen LogP contribution in [-0.4, -0.2) is 47.6 Å². The van der Waals surface area contributed by atoms with Crippen molar-refractivity contribution in [3.63, 3.8) is 0 Å². The monoisotopic (exact) mass is 471 g/mol. The first-order valence-corrected chi connectivity index (χ1v) is 11.3. The number of imide groups is 1. The van der Waals surface area contributed by atoms with Crippen LogP contribution in [0.15, 0.2) is 66.8 Å². The third kappa shape index (κ3) is 4.96. The lowest BCUT2D eigenvalue weighted by atomic mass is 9.94. The molecule has 0 saturated carbocycles. The summed E-state index contributed by atoms with van der Waals surface area (Å²) in [4.78, 5) is 52.4. The van der Waals surface area contributed by atoms with E-state index in [0.717, 1.165) is 21.6 Å². The second-order valence-electron chi connectivity index (χ2n) is 8.55. The van der Waals surface area contributed by atoms with Gasteiger partial charge in [-0.15, -0.1) is 4.90 Å². The standard InChI is InChI=1S/C27H26N4O4/c1-17-8-11-20(14-18(17)2)29-25(33)16-30-23-7-5-4-6-22(23)26(34)31(27(30)35)21-12-9-19(10-13-21)15-24(32)28-3/h4-14,22H,15-16H2,1-3H3,(H-,28,29,32,33)/p+1. The van der Waals surface area contributed by atoms with Crippen molar-refractivity contribution in [1.29, 1.82) is 0 Å². The summed E-state index contributed by atoms with van der Waals surface area (Å²) >= 11 is 0. The fourth-order valence-electron chi connectivity index (χ4n) is 4.06. The van der Waals surface area contributed by atoms with Crippen molar-refractivity contribution in [2.45, 2.75) is 20.3 Å². The van der Waals surface area contributed by atoms with Crippen molar-refractivity contribution >= 4 is 40.8 Å². The average molecular weight is 472 g/mol. The number of urea groups is 1. The van der Waals surface area contributed by atoms with Crippen LogP contribution in [0.3, 0.4) is 0 Å². The van der Waals surface area contributed by atoms with E-state index in [2.05, 4.69) is 10.6 Å². The Balaban J connectivity index is 1.61. The minimum atomic E-state index is -0.683. The summed E-state index contributed by atoms with van der Waals surface area (Å²) in [5, 5.41) is 5.41. The molecule has 1 aliphatic heterocycles. The van der Waals surface area contributed by atoms with E-state index in [9.17, 15) is 19.2 Å². The van der Waals surface area contributed by atoms with E-state index in [-0.39, 0.29) is 24.8 Å². The molecule has 5 amide bonds. The van der Waals surface area contributed by atoms with Crippen LogP contribution in [0.2, 0.25) is 0 Å². The molecule has 0 bridgehead atoms. The number of aryl methyl sites for hydroxylation is 2. The van der Waals surface area contributed by atoms with Crippen LogP contribution in [0.4, 0.5) is 16.2 Å². The highest BCUT2D eigenvalue weighted by atomic mass is 16.2. The summed E-state index contributed by atoms with van der Waals surface area (Å²) in [6, 6.07) is 11.7. The van der Waals surface area contributed by atoms with E-state index in [1.54, 1.807) is 55.6 Å². The Kier molecular flexibility index (Phi) is 6.73. The number of fused-ring (bicyclic) bond motifs is 1. The fourth-order valence-corrected chi connectivity index (χ4v) is 4.06. The van der Waals surface area contributed by atoms with Gasteiger partial charge in [-0.05, 0) is 60.9 Å². The second-order valence-corrected chi connectivity index (χ2v) is 8.55. The van der Waals surface area contributed by atoms with Crippen molar-refractivity contribution < 1.29 is 23.8 Å². The molecule has 0 saturated heterocycles. The predicted octanol–water partition coefficient (Wildman–Crippen LogP) is 2.89. The maximum absolute atomic E-state index is 13.5. The zero-order valence-electron chi connectivity index (χ0n) is 19.9. The maximum atomic E-state index is 13.5. The lowest BCUT2D eigenvalue weighted by Gasteiger charge is -2.26. The lowest BCUT2D eigenvalue weighted by molar-refractivity contribution is -0.416. The van der Waals surface area contributed by atoms with Gasteiger partial charge in [0.15, 0.2) is 6.54 Å². The first-order chi connectivity index (χ1) is 16.8. The Morgan fingerprint density at radius 1 is 0.971 bits per heavy atom. The van der Waals surface area contributed by atoms with Gasteiger partial charge in [0.1, 0.15) is 17.3 Å². The molecule has 2 aromatic carbocycles. The molecule has 1 aliphatic carbocycles. The number of hydrogen-bond donors (Lipinski definition) is 2. The third-order valence-corrected chi connectivity index (χ3v) is 6.15. The van der Waals surface area contributed by atoms with E-state index in [1.807, 2.05) is 32.0 Å². The quantitative estimate of drug-likeness (QED) is 0.633. The molecule has 2 N–H and O–H groups in total. The van der Waals surface area contributed by atoms with Gasteiger partial charge >= 0.3 is 11.9 Å². The van der Waals surface area contributed by atoms with Crippen molar-refractivity contribution in [1.82, 2.24) is 5.32 Å². The Morgan fingerprint density at radius 3 is 2.40 bits per heavy atom. The van der Waals surface area contributed by atoms with Gasteiger partial charge in [-0.25, -0.2) is 4.79 Å². The van der Waals surface area contributed by atoms with Gasteiger partial charge in [-0.1, -0.05) is 36.4 Å². The minimum Gasteiger partial charge on any atom is -0.359 e. The molecule has 178 valence electrons. The number of benzene rings is 2. The van der Waals surface area contributed by atoms with Gasteiger partial charge in [-0.2, -0.15) is 9.37 Å². The number of allylic oxidation sites excluding steroid dienone is 3. The fraction of sp³-hybridized carbons (Fsp3) is 0.222. The summed E-state index contributed by atoms with van der Waals surface area (Å²) in [6.45, 7) is 3.71. The van der Waals surface area contributed by atoms with Crippen molar-refractivity contribution in [3.8, 4) is 0 Å². The highest BCUT2D eigenvalue weighted by Gasteiger charge is 2.48. The van der Waals surface area contributed by atoms with Gasteiger partial charge < -0.3 is 10.6 Å². The summed E-state index contributed by atoms with van der Waals surface area (Å²) in [5.74, 6) is -1.58. The number of nitrogens with zero attached hydrogens (tertiary/aromatic N) is 2. The number of likely N-dealkylation sites (N-methyl/N-ethyl adjacent to an activating group) is 1. The zero-order valence-corrected chi connectivity index (χ0v) is 19.9. The molecular formula is C27H27N4O4+. The molecule has 2 aromatic rings. The maximum Gasteiger partial charge on any atom is 0.506 e. The van der Waals surface area contributed by atoms with E-state index in [1.165, 1.54) is 4.58 Å². The number of carbonyl (C=O) groups is 4. The molecule has 0 fully saturated rings. The number of hydrogen-bond acceptors (Lipinski definition) is 4. The first kappa shape index (κ1) is 23.8. The minimum absolute atomic E-state index is 0.137. The molecule has 1 heterocycles. The van der Waals surface area contributed by atoms with Crippen LogP contribution in [0, 0.1) is 19.8 Å². The number of amides is 5. The van der Waals surface area contributed by atoms with Crippen LogP contribution in [0.25, 0.3) is 0 Å². The van der Waals surface area contributed by atoms with Crippen molar-refractivity contribution in [2.75, 3.05) is 23.8 Å². The van der Waals surface area contributed by atoms with Crippen LogP contribution >= 0.6 is 0 Å². The topological polar surface area (TPSA) is 98.6 Å². The van der Waals surface area contributed by atoms with E-state index >= 15 is 0 Å². The van der Waals surface area contributed by atoms with Crippen LogP contribution in [-0.2, 0) is 20.8 Å². The third-order valence-electron chi connectivity index (χ3n) is 6.15. The number of rotatable bonds is 6. The molecule has 1 unspecified atom stereocenters. The van der Waals surface area contributed by atoms with E-state index in [0.29, 0.717) is 17.1 Å². The Morgan fingerprint density at radius 2 is 1.71 bits per heavy atom. The van der Waals surface area contributed by atoms with Gasteiger partial charge in [0.2, 0.25) is 5.91 Å². The molecule has 35 heavy (non-hydrogen) atoms. The zero-order chi connectivity index (χ0) is 25.1. The van der Waals surface area contributed by atoms with Gasteiger partial charge in [0, 0.05) is 12.7 Å². The molecule has 0 spiro atoms. The number of carbonyl (C=O) groups excluding carboxylic acids is 4. The van der Waals surface area contributed by atoms with Gasteiger partial charge in [0.25, 0.3) is 5.91 Å². The van der Waals surface area contributed by atoms with Crippen LogP contribution in [0.5, 0.6) is 0 Å². The lowest BCUT2D eigenvalue weighted by Crippen LogP contribution is -2.56. The average Bonchev–Trinajstić information content (AvgIpc) is 2.85. The molecule has 0 radical (unpaired) electrons. The smallest absolute Gasteiger partial charge is 0.359 e. The SMILES string of the molecule is CNC(=O)Cc1ccc(N2C(=O)C3C=CC=CC3=[N+](CC(=O)Nc3ccc(C)c(C)c3)C2=O)cc1. The molecule has 0 aromatic heterocycles. The Hall–Kier alpha value is -4.33. The van der Waals surface area contributed by atoms with Gasteiger partial charge in [-0.3, -0.25) is 9.59 Å². The highest BCUT2D eigenvalue weighted by Crippen LogP contribution is 2.26. The predicted molar refractivity (Wildman–Crippen MR) is 134 cm³/mol. The number of anilines is 2. The Bertz CT molecular complexity index is 1300. The summed E-state index contributed by atoms with van der Waals surface area (Å²) < 4.78 is 1.33. The normalized spacial score (nSPS) is 16.9. The molecule has 8 nitrogen and oxygen atoms in total. The molecule has 1 atom stereocenters. The highest BCUT2D eigenvalue weighted by molar-refractivity contribution is 6.26. The molecule has 8 heteroatoms. The van der Waals surface area contributed by atoms with Crippen LogP contribution in [0.1, 0.15) is 16.7 Å². The largest absolute Gasteiger partial charge is 0.506 e. The van der Waals surface area contributed by atoms with Crippen molar-refractivity contribution in [3.05, 3.63) is 83.5 Å². The molecule has 2 aliphatic rings. The first-order valence-electron chi connectivity index (χ1n) is 11.3. The molecule has 4 rings (SSSR count). The van der Waals surface area contributed by atoms with Crippen LogP contribution < -0.4 is 15.5 Å². The summed E-state index contributed by atoms with van der Waals surface area (Å²) in [7, 11) is 1.56. The number of nitrogens with one attached hydrogen (secondary N) is 2. The summed E-state index contributed by atoms with van der Waals surface area (Å²) in [6.07, 6.45) is 7.08. The molecular weight excluding hydrogens is 444 g/mol. The second kappa shape index (κ2) is 9.89. The van der Waals surface area contributed by atoms with Crippen molar-refractivity contribution in [2.24, 2.45) is 5.92 Å². The van der Waals surface area contributed by atoms with Gasteiger partial charge in [0.05, 0.1) is 6.42 Å².